The number of aromatic nitrogens is 3. The molecule has 0 spiro atoms. The maximum Gasteiger partial charge on any atom is 0.303 e. The quantitative estimate of drug-likeness (QED) is 0.237. The lowest BCUT2D eigenvalue weighted by Crippen LogP contribution is -2.63. The van der Waals surface area contributed by atoms with Crippen molar-refractivity contribution in [2.75, 3.05) is 20.3 Å². The normalized spacial score (nSPS) is 33.0. The Morgan fingerprint density at radius 2 is 1.53 bits per heavy atom. The molecule has 0 aliphatic carbocycles. The summed E-state index contributed by atoms with van der Waals surface area (Å²) in [5, 5.41) is 8.33. The third-order valence-corrected chi connectivity index (χ3v) is 6.66. The van der Waals surface area contributed by atoms with Gasteiger partial charge in [-0.1, -0.05) is 5.21 Å². The highest BCUT2D eigenvalue weighted by molar-refractivity contribution is 5.68. The number of esters is 4. The van der Waals surface area contributed by atoms with Crippen molar-refractivity contribution in [1.29, 1.82) is 0 Å². The minimum atomic E-state index is -1.33. The van der Waals surface area contributed by atoms with Crippen molar-refractivity contribution in [3.05, 3.63) is 11.9 Å². The number of fused-ring (bicyclic) bond motifs is 1. The molecule has 1 aromatic heterocycles. The highest BCUT2D eigenvalue weighted by atomic mass is 16.8. The Kier molecular flexibility index (Phi) is 10.3. The van der Waals surface area contributed by atoms with Crippen molar-refractivity contribution in [2.45, 2.75) is 109 Å². The first kappa shape index (κ1) is 32.7. The van der Waals surface area contributed by atoms with Gasteiger partial charge in [-0.05, 0) is 13.8 Å². The molecule has 0 aromatic carbocycles. The summed E-state index contributed by atoms with van der Waals surface area (Å²) in [7, 11) is 1.55. The van der Waals surface area contributed by atoms with E-state index in [1.165, 1.54) is 11.6 Å². The van der Waals surface area contributed by atoms with Gasteiger partial charge in [0.1, 0.15) is 36.7 Å². The highest BCUT2D eigenvalue weighted by Gasteiger charge is 2.56. The largest absolute Gasteiger partial charge is 0.463 e. The van der Waals surface area contributed by atoms with Crippen LogP contribution in [-0.2, 0) is 73.1 Å². The number of methoxy groups -OCH3 is 1. The van der Waals surface area contributed by atoms with E-state index in [1.54, 1.807) is 27.2 Å². The second-order valence-electron chi connectivity index (χ2n) is 10.6. The molecule has 17 heteroatoms. The molecule has 0 radical (unpaired) electrons. The maximum absolute atomic E-state index is 12.0. The number of nitrogens with zero attached hydrogens (tertiary/aromatic N) is 3. The van der Waals surface area contributed by atoms with Gasteiger partial charge in [-0.2, -0.15) is 0 Å². The molecule has 0 bridgehead atoms. The Hall–Kier alpha value is -3.22. The van der Waals surface area contributed by atoms with Crippen LogP contribution in [0.3, 0.4) is 0 Å². The zero-order valence-electron chi connectivity index (χ0n) is 25.0. The van der Waals surface area contributed by atoms with Crippen LogP contribution in [0, 0.1) is 0 Å². The summed E-state index contributed by atoms with van der Waals surface area (Å²) < 4.78 is 57.9. The number of carbonyl (C=O) groups is 4. The number of hydrogen-bond acceptors (Lipinski definition) is 16. The van der Waals surface area contributed by atoms with E-state index in [0.29, 0.717) is 5.69 Å². The van der Waals surface area contributed by atoms with Gasteiger partial charge in [0, 0.05) is 34.8 Å². The van der Waals surface area contributed by atoms with Crippen LogP contribution in [0.5, 0.6) is 0 Å². The van der Waals surface area contributed by atoms with Gasteiger partial charge in [-0.25, -0.2) is 4.68 Å². The zero-order valence-corrected chi connectivity index (χ0v) is 25.0. The smallest absolute Gasteiger partial charge is 0.303 e. The molecule has 0 N–H and O–H groups in total. The molecule has 3 aliphatic rings. The molecule has 3 saturated heterocycles. The Bertz CT molecular complexity index is 1170. The standard InChI is InChI=1S/C26H37N3O14/c1-12(30)36-11-17-19(37-13(2)31)21(38-14(3)32)22(39-15(4)33)24(40-17)35-9-8-29-10-16(27-28-29)18-20(34-7)23-25(41-18)43-26(5,6)42-23/h10,17-25H,8-9,11H2,1-7H3/t17-,18-,19-,20+,21+,22-,23-,24-,25-/m1/s1. The monoisotopic (exact) mass is 615 g/mol. The van der Waals surface area contributed by atoms with Gasteiger partial charge in [0.25, 0.3) is 0 Å². The van der Waals surface area contributed by atoms with E-state index >= 15 is 0 Å². The van der Waals surface area contributed by atoms with Gasteiger partial charge in [-0.15, -0.1) is 5.10 Å². The topological polar surface area (TPSA) is 191 Å². The molecule has 43 heavy (non-hydrogen) atoms. The summed E-state index contributed by atoms with van der Waals surface area (Å²) in [5.41, 5.74) is 0.485. The number of hydrogen-bond donors (Lipinski definition) is 0. The Labute approximate surface area is 247 Å². The number of ether oxygens (including phenoxy) is 10. The summed E-state index contributed by atoms with van der Waals surface area (Å²) >= 11 is 0. The van der Waals surface area contributed by atoms with Gasteiger partial charge in [-0.3, -0.25) is 19.2 Å². The maximum atomic E-state index is 12.0. The van der Waals surface area contributed by atoms with Gasteiger partial charge in [0.2, 0.25) is 0 Å². The lowest BCUT2D eigenvalue weighted by Gasteiger charge is -2.44. The van der Waals surface area contributed by atoms with Crippen molar-refractivity contribution in [3.63, 3.8) is 0 Å². The minimum absolute atomic E-state index is 0.0402. The average molecular weight is 616 g/mol. The first-order valence-electron chi connectivity index (χ1n) is 13.6. The Morgan fingerprint density at radius 1 is 0.884 bits per heavy atom. The molecule has 3 fully saturated rings. The zero-order chi connectivity index (χ0) is 31.5. The van der Waals surface area contributed by atoms with Crippen molar-refractivity contribution in [3.8, 4) is 0 Å². The lowest BCUT2D eigenvalue weighted by molar-refractivity contribution is -0.308. The molecular weight excluding hydrogens is 578 g/mol. The van der Waals surface area contributed by atoms with E-state index in [4.69, 9.17) is 47.4 Å². The van der Waals surface area contributed by atoms with E-state index < -0.39 is 85.0 Å². The fourth-order valence-electron chi connectivity index (χ4n) is 5.11. The number of rotatable bonds is 11. The van der Waals surface area contributed by atoms with Crippen LogP contribution in [0.4, 0.5) is 0 Å². The summed E-state index contributed by atoms with van der Waals surface area (Å²) in [6, 6.07) is 0. The fraction of sp³-hybridized carbons (Fsp3) is 0.769. The Balaban J connectivity index is 1.46. The predicted octanol–water partition coefficient (Wildman–Crippen LogP) is -0.0583. The molecule has 17 nitrogen and oxygen atoms in total. The summed E-state index contributed by atoms with van der Waals surface area (Å²) in [5.74, 6) is -3.63. The van der Waals surface area contributed by atoms with E-state index in [2.05, 4.69) is 10.3 Å². The van der Waals surface area contributed by atoms with Crippen LogP contribution in [0.2, 0.25) is 0 Å². The van der Waals surface area contributed by atoms with Crippen LogP contribution in [0.15, 0.2) is 6.20 Å². The second kappa shape index (κ2) is 13.6. The van der Waals surface area contributed by atoms with Crippen LogP contribution < -0.4 is 0 Å². The number of carbonyl (C=O) groups excluding carboxylic acids is 4. The van der Waals surface area contributed by atoms with Crippen molar-refractivity contribution in [2.24, 2.45) is 0 Å². The molecule has 0 saturated carbocycles. The predicted molar refractivity (Wildman–Crippen MR) is 136 cm³/mol. The molecule has 0 amide bonds. The van der Waals surface area contributed by atoms with Crippen LogP contribution in [-0.4, -0.2) is 114 Å². The van der Waals surface area contributed by atoms with Crippen molar-refractivity contribution >= 4 is 23.9 Å². The third-order valence-electron chi connectivity index (χ3n) is 6.66. The first-order valence-corrected chi connectivity index (χ1v) is 13.6. The summed E-state index contributed by atoms with van der Waals surface area (Å²) in [6.07, 6.45) is -6.85. The van der Waals surface area contributed by atoms with Crippen LogP contribution in [0.25, 0.3) is 0 Å². The lowest BCUT2D eigenvalue weighted by atomic mass is 9.98. The van der Waals surface area contributed by atoms with Crippen molar-refractivity contribution in [1.82, 2.24) is 15.0 Å². The fourth-order valence-corrected chi connectivity index (χ4v) is 5.11. The van der Waals surface area contributed by atoms with Gasteiger partial charge < -0.3 is 47.4 Å². The van der Waals surface area contributed by atoms with E-state index in [0.717, 1.165) is 20.8 Å². The molecule has 4 rings (SSSR count). The molecule has 240 valence electrons. The van der Waals surface area contributed by atoms with Crippen LogP contribution >= 0.6 is 0 Å². The summed E-state index contributed by atoms with van der Waals surface area (Å²) in [4.78, 5) is 47.3. The molecule has 4 heterocycles. The molecule has 1 aromatic rings. The van der Waals surface area contributed by atoms with E-state index in [9.17, 15) is 19.2 Å². The molecule has 3 aliphatic heterocycles. The van der Waals surface area contributed by atoms with Crippen molar-refractivity contribution < 1.29 is 66.5 Å². The minimum Gasteiger partial charge on any atom is -0.463 e. The third kappa shape index (κ3) is 8.04. The molecule has 9 atom stereocenters. The van der Waals surface area contributed by atoms with Gasteiger partial charge in [0.15, 0.2) is 36.7 Å². The van der Waals surface area contributed by atoms with Gasteiger partial charge >= 0.3 is 23.9 Å². The van der Waals surface area contributed by atoms with E-state index in [-0.39, 0.29) is 19.8 Å². The Morgan fingerprint density at radius 3 is 2.16 bits per heavy atom. The van der Waals surface area contributed by atoms with E-state index in [1.807, 2.05) is 0 Å². The SMILES string of the molecule is CO[C@@H]1[C@H]2OC(C)(C)O[C@H]2O[C@@H]1c1cn(CCO[C@@H]2O[C@H](COC(C)=O)[C@@H](OC(C)=O)[C@H](OC(C)=O)[C@H]2OC(C)=O)nn1. The summed E-state index contributed by atoms with van der Waals surface area (Å²) in [6.45, 7) is 7.96. The van der Waals surface area contributed by atoms with Crippen LogP contribution in [0.1, 0.15) is 53.3 Å². The van der Waals surface area contributed by atoms with Gasteiger partial charge in [0.05, 0.1) is 19.3 Å². The average Bonchev–Trinajstić information content (AvgIpc) is 3.57. The first-order chi connectivity index (χ1) is 20.3. The molecular formula is C26H37N3O14. The highest BCUT2D eigenvalue weighted by Crippen LogP contribution is 2.43. The second-order valence-corrected chi connectivity index (χ2v) is 10.6. The molecule has 0 unspecified atom stereocenters.